The van der Waals surface area contributed by atoms with Crippen molar-refractivity contribution in [3.8, 4) is 0 Å². The van der Waals surface area contributed by atoms with Crippen molar-refractivity contribution in [1.82, 2.24) is 5.32 Å². The van der Waals surface area contributed by atoms with Gasteiger partial charge in [0, 0.05) is 12.6 Å². The zero-order valence-electron chi connectivity index (χ0n) is 8.64. The molecular formula is C10H23NO. The van der Waals surface area contributed by atoms with Gasteiger partial charge in [-0.25, -0.2) is 0 Å². The highest BCUT2D eigenvalue weighted by Crippen LogP contribution is 2.00. The average molecular weight is 173 g/mol. The number of hydrogen-bond acceptors (Lipinski definition) is 2. The highest BCUT2D eigenvalue weighted by molar-refractivity contribution is 4.64. The number of hydrogen-bond donors (Lipinski definition) is 2. The summed E-state index contributed by atoms with van der Waals surface area (Å²) < 4.78 is 0. The van der Waals surface area contributed by atoms with Gasteiger partial charge in [0.2, 0.25) is 0 Å². The van der Waals surface area contributed by atoms with Crippen molar-refractivity contribution in [3.05, 3.63) is 0 Å². The van der Waals surface area contributed by atoms with E-state index in [1.54, 1.807) is 0 Å². The van der Waals surface area contributed by atoms with E-state index in [1.165, 1.54) is 6.42 Å². The lowest BCUT2D eigenvalue weighted by Crippen LogP contribution is -2.30. The Morgan fingerprint density at radius 2 is 1.92 bits per heavy atom. The maximum atomic E-state index is 8.74. The molecule has 0 saturated heterocycles. The molecule has 0 saturated carbocycles. The quantitative estimate of drug-likeness (QED) is 0.615. The molecule has 2 nitrogen and oxygen atoms in total. The fourth-order valence-corrected chi connectivity index (χ4v) is 1.18. The lowest BCUT2D eigenvalue weighted by Gasteiger charge is -2.16. The first kappa shape index (κ1) is 11.9. The minimum absolute atomic E-state index is 0.299. The van der Waals surface area contributed by atoms with E-state index in [0.717, 1.165) is 25.3 Å². The SMILES string of the molecule is CCC(CCO)NCCC(C)C. The average Bonchev–Trinajstić information content (AvgIpc) is 2.02. The third kappa shape index (κ3) is 6.62. The monoisotopic (exact) mass is 173 g/mol. The Labute approximate surface area is 76.4 Å². The minimum Gasteiger partial charge on any atom is -0.396 e. The molecule has 0 spiro atoms. The van der Waals surface area contributed by atoms with Gasteiger partial charge < -0.3 is 10.4 Å². The fourth-order valence-electron chi connectivity index (χ4n) is 1.18. The van der Waals surface area contributed by atoms with Crippen LogP contribution in [0, 0.1) is 5.92 Å². The van der Waals surface area contributed by atoms with Gasteiger partial charge in [0.25, 0.3) is 0 Å². The van der Waals surface area contributed by atoms with Gasteiger partial charge in [-0.05, 0) is 31.7 Å². The van der Waals surface area contributed by atoms with Crippen molar-refractivity contribution in [3.63, 3.8) is 0 Å². The van der Waals surface area contributed by atoms with Crippen LogP contribution in [0.25, 0.3) is 0 Å². The molecule has 0 fully saturated rings. The molecule has 0 aromatic heterocycles. The van der Waals surface area contributed by atoms with Gasteiger partial charge in [0.15, 0.2) is 0 Å². The molecule has 2 heteroatoms. The summed E-state index contributed by atoms with van der Waals surface area (Å²) in [5.74, 6) is 0.768. The van der Waals surface area contributed by atoms with E-state index in [1.807, 2.05) is 0 Å². The molecule has 0 radical (unpaired) electrons. The van der Waals surface area contributed by atoms with Gasteiger partial charge in [0.1, 0.15) is 0 Å². The van der Waals surface area contributed by atoms with Gasteiger partial charge >= 0.3 is 0 Å². The fraction of sp³-hybridized carbons (Fsp3) is 1.00. The number of aliphatic hydroxyl groups is 1. The predicted octanol–water partition coefficient (Wildman–Crippen LogP) is 1.78. The Morgan fingerprint density at radius 3 is 2.33 bits per heavy atom. The van der Waals surface area contributed by atoms with E-state index >= 15 is 0 Å². The van der Waals surface area contributed by atoms with Gasteiger partial charge in [-0.15, -0.1) is 0 Å². The van der Waals surface area contributed by atoms with E-state index in [4.69, 9.17) is 5.11 Å². The summed E-state index contributed by atoms with van der Waals surface area (Å²) in [6, 6.07) is 0.508. The number of aliphatic hydroxyl groups excluding tert-OH is 1. The lowest BCUT2D eigenvalue weighted by atomic mass is 10.1. The molecule has 1 atom stereocenters. The highest BCUT2D eigenvalue weighted by atomic mass is 16.3. The normalized spacial score (nSPS) is 13.8. The molecule has 74 valence electrons. The molecule has 0 aromatic carbocycles. The first-order chi connectivity index (χ1) is 5.70. The van der Waals surface area contributed by atoms with Crippen LogP contribution < -0.4 is 5.32 Å². The second kappa shape index (κ2) is 7.56. The molecule has 1 unspecified atom stereocenters. The molecule has 0 aliphatic carbocycles. The molecule has 0 heterocycles. The molecule has 12 heavy (non-hydrogen) atoms. The summed E-state index contributed by atoms with van der Waals surface area (Å²) in [7, 11) is 0. The van der Waals surface area contributed by atoms with Crippen LogP contribution in [-0.2, 0) is 0 Å². The van der Waals surface area contributed by atoms with Crippen LogP contribution in [0.5, 0.6) is 0 Å². The van der Waals surface area contributed by atoms with Crippen LogP contribution >= 0.6 is 0 Å². The second-order valence-electron chi connectivity index (χ2n) is 3.75. The highest BCUT2D eigenvalue weighted by Gasteiger charge is 2.03. The van der Waals surface area contributed by atoms with E-state index in [0.29, 0.717) is 12.6 Å². The minimum atomic E-state index is 0.299. The molecule has 2 N–H and O–H groups in total. The summed E-state index contributed by atoms with van der Waals surface area (Å²) in [4.78, 5) is 0. The van der Waals surface area contributed by atoms with Gasteiger partial charge in [0.05, 0.1) is 0 Å². The Kier molecular flexibility index (Phi) is 7.51. The Hall–Kier alpha value is -0.0800. The van der Waals surface area contributed by atoms with Crippen LogP contribution in [0.3, 0.4) is 0 Å². The van der Waals surface area contributed by atoms with Crippen molar-refractivity contribution >= 4 is 0 Å². The Morgan fingerprint density at radius 1 is 1.25 bits per heavy atom. The molecule has 0 aromatic rings. The van der Waals surface area contributed by atoms with Crippen LogP contribution in [0.2, 0.25) is 0 Å². The topological polar surface area (TPSA) is 32.3 Å². The summed E-state index contributed by atoms with van der Waals surface area (Å²) in [6.45, 7) is 8.00. The van der Waals surface area contributed by atoms with Crippen molar-refractivity contribution < 1.29 is 5.11 Å². The Balaban J connectivity index is 3.31. The van der Waals surface area contributed by atoms with E-state index < -0.39 is 0 Å². The largest absolute Gasteiger partial charge is 0.396 e. The van der Waals surface area contributed by atoms with Crippen molar-refractivity contribution in [2.24, 2.45) is 5.92 Å². The first-order valence-corrected chi connectivity index (χ1v) is 5.05. The Bertz CT molecular complexity index is 93.8. The van der Waals surface area contributed by atoms with Crippen LogP contribution in [0.15, 0.2) is 0 Å². The third-order valence-electron chi connectivity index (χ3n) is 2.13. The second-order valence-corrected chi connectivity index (χ2v) is 3.75. The summed E-state index contributed by atoms with van der Waals surface area (Å²) >= 11 is 0. The van der Waals surface area contributed by atoms with E-state index in [2.05, 4.69) is 26.1 Å². The molecule has 0 aliphatic rings. The van der Waals surface area contributed by atoms with Gasteiger partial charge in [-0.3, -0.25) is 0 Å². The van der Waals surface area contributed by atoms with E-state index in [9.17, 15) is 0 Å². The van der Waals surface area contributed by atoms with Gasteiger partial charge in [-0.2, -0.15) is 0 Å². The zero-order valence-corrected chi connectivity index (χ0v) is 8.64. The molecule has 0 amide bonds. The predicted molar refractivity (Wildman–Crippen MR) is 53.2 cm³/mol. The van der Waals surface area contributed by atoms with Crippen molar-refractivity contribution in [1.29, 1.82) is 0 Å². The maximum Gasteiger partial charge on any atom is 0.0445 e. The molecule has 0 bridgehead atoms. The summed E-state index contributed by atoms with van der Waals surface area (Å²) in [6.07, 6.45) is 3.22. The summed E-state index contributed by atoms with van der Waals surface area (Å²) in [5.41, 5.74) is 0. The smallest absolute Gasteiger partial charge is 0.0445 e. The number of rotatable bonds is 7. The van der Waals surface area contributed by atoms with Crippen LogP contribution in [0.4, 0.5) is 0 Å². The zero-order chi connectivity index (χ0) is 9.40. The van der Waals surface area contributed by atoms with E-state index in [-0.39, 0.29) is 0 Å². The maximum absolute atomic E-state index is 8.74. The van der Waals surface area contributed by atoms with Crippen LogP contribution in [0.1, 0.15) is 40.0 Å². The lowest BCUT2D eigenvalue weighted by molar-refractivity contribution is 0.261. The van der Waals surface area contributed by atoms with Crippen molar-refractivity contribution in [2.75, 3.05) is 13.2 Å². The number of nitrogens with one attached hydrogen (secondary N) is 1. The standard InChI is InChI=1S/C10H23NO/c1-4-10(6-8-12)11-7-5-9(2)3/h9-12H,4-8H2,1-3H3. The third-order valence-corrected chi connectivity index (χ3v) is 2.13. The van der Waals surface area contributed by atoms with Crippen molar-refractivity contribution in [2.45, 2.75) is 46.1 Å². The molecule has 0 aliphatic heterocycles. The summed E-state index contributed by atoms with van der Waals surface area (Å²) in [5, 5.41) is 12.2. The van der Waals surface area contributed by atoms with Gasteiger partial charge in [-0.1, -0.05) is 20.8 Å². The molecular weight excluding hydrogens is 150 g/mol. The molecule has 0 rings (SSSR count). The first-order valence-electron chi connectivity index (χ1n) is 5.05. The van der Waals surface area contributed by atoms with Crippen LogP contribution in [-0.4, -0.2) is 24.3 Å².